The van der Waals surface area contributed by atoms with E-state index in [1.54, 1.807) is 36.5 Å². The summed E-state index contributed by atoms with van der Waals surface area (Å²) >= 11 is 6.54. The van der Waals surface area contributed by atoms with Crippen LogP contribution in [0, 0.1) is 11.8 Å². The first kappa shape index (κ1) is 25.1. The second kappa shape index (κ2) is 12.1. The number of phenols is 1. The van der Waals surface area contributed by atoms with Gasteiger partial charge in [0, 0.05) is 29.1 Å². The first-order valence-electron chi connectivity index (χ1n) is 11.9. The number of carbonyl (C=O) groups excluding carboxylic acids is 1. The average Bonchev–Trinajstić information content (AvgIpc) is 2.92. The highest BCUT2D eigenvalue weighted by atomic mass is 35.5. The minimum Gasteiger partial charge on any atom is -0.505 e. The van der Waals surface area contributed by atoms with Crippen LogP contribution >= 0.6 is 11.6 Å². The summed E-state index contributed by atoms with van der Waals surface area (Å²) < 4.78 is 5.62. The van der Waals surface area contributed by atoms with Crippen LogP contribution in [0.25, 0.3) is 10.9 Å². The van der Waals surface area contributed by atoms with Crippen molar-refractivity contribution in [2.24, 2.45) is 0 Å². The van der Waals surface area contributed by atoms with Crippen molar-refractivity contribution in [1.82, 2.24) is 10.3 Å². The molecule has 0 radical (unpaired) electrons. The summed E-state index contributed by atoms with van der Waals surface area (Å²) in [7, 11) is 0. The summed E-state index contributed by atoms with van der Waals surface area (Å²) in [5, 5.41) is 15.2. The van der Waals surface area contributed by atoms with E-state index in [1.807, 2.05) is 42.5 Å². The number of fused-ring (bicyclic) bond motifs is 1. The smallest absolute Gasteiger partial charge is 0.258 e. The standard InChI is InChI=1S/C30H27ClN2O3/c1-2-3-4-6-10-21-14-16-22(17-15-21)28(33-27(34)20-36-23-11-7-5-8-12-23)25-19-26(31)24-13-9-18-32-29(24)30(25)35/h5,7-9,11-19,28,35H,2-4,20H2,1H3,(H,33,34). The van der Waals surface area contributed by atoms with Gasteiger partial charge >= 0.3 is 0 Å². The van der Waals surface area contributed by atoms with Crippen molar-refractivity contribution in [3.05, 3.63) is 101 Å². The molecule has 0 saturated heterocycles. The number of benzene rings is 3. The second-order valence-electron chi connectivity index (χ2n) is 8.33. The number of unbranched alkanes of at least 4 members (excludes halogenated alkanes) is 2. The lowest BCUT2D eigenvalue weighted by Gasteiger charge is -2.22. The van der Waals surface area contributed by atoms with Crippen LogP contribution in [-0.2, 0) is 4.79 Å². The van der Waals surface area contributed by atoms with E-state index < -0.39 is 6.04 Å². The van der Waals surface area contributed by atoms with Crippen LogP contribution in [0.2, 0.25) is 5.02 Å². The Morgan fingerprint density at radius 3 is 2.64 bits per heavy atom. The lowest BCUT2D eigenvalue weighted by molar-refractivity contribution is -0.123. The van der Waals surface area contributed by atoms with Crippen LogP contribution in [0.15, 0.2) is 79.0 Å². The van der Waals surface area contributed by atoms with Crippen molar-refractivity contribution in [2.75, 3.05) is 6.61 Å². The van der Waals surface area contributed by atoms with Gasteiger partial charge in [0.15, 0.2) is 6.61 Å². The highest BCUT2D eigenvalue weighted by Crippen LogP contribution is 2.38. The van der Waals surface area contributed by atoms with E-state index >= 15 is 0 Å². The minimum absolute atomic E-state index is 0.0345. The van der Waals surface area contributed by atoms with E-state index in [0.29, 0.717) is 27.2 Å². The molecule has 0 bridgehead atoms. The topological polar surface area (TPSA) is 71.5 Å². The van der Waals surface area contributed by atoms with E-state index in [0.717, 1.165) is 30.4 Å². The van der Waals surface area contributed by atoms with Crippen molar-refractivity contribution in [1.29, 1.82) is 0 Å². The maximum atomic E-state index is 12.9. The van der Waals surface area contributed by atoms with Gasteiger partial charge in [-0.05, 0) is 54.4 Å². The fraction of sp³-hybridized carbons (Fsp3) is 0.200. The molecule has 182 valence electrons. The average molecular weight is 499 g/mol. The number of ether oxygens (including phenoxy) is 1. The highest BCUT2D eigenvalue weighted by Gasteiger charge is 2.23. The molecule has 4 aromatic rings. The second-order valence-corrected chi connectivity index (χ2v) is 8.73. The van der Waals surface area contributed by atoms with Crippen molar-refractivity contribution < 1.29 is 14.6 Å². The molecule has 0 aliphatic heterocycles. The predicted octanol–water partition coefficient (Wildman–Crippen LogP) is 6.42. The number of nitrogens with one attached hydrogen (secondary N) is 1. The Labute approximate surface area is 216 Å². The monoisotopic (exact) mass is 498 g/mol. The zero-order valence-electron chi connectivity index (χ0n) is 20.0. The molecule has 0 aliphatic carbocycles. The van der Waals surface area contributed by atoms with Crippen LogP contribution in [0.1, 0.15) is 48.9 Å². The minimum atomic E-state index is -0.678. The van der Waals surface area contributed by atoms with Gasteiger partial charge in [0.1, 0.15) is 17.0 Å². The first-order valence-corrected chi connectivity index (χ1v) is 12.3. The van der Waals surface area contributed by atoms with Gasteiger partial charge in [0.05, 0.1) is 11.1 Å². The number of halogens is 1. The summed E-state index contributed by atoms with van der Waals surface area (Å²) in [6.45, 7) is 1.96. The van der Waals surface area contributed by atoms with Gasteiger partial charge in [0.25, 0.3) is 5.91 Å². The largest absolute Gasteiger partial charge is 0.505 e. The number of pyridine rings is 1. The van der Waals surface area contributed by atoms with Crippen molar-refractivity contribution in [2.45, 2.75) is 32.2 Å². The maximum absolute atomic E-state index is 12.9. The number of carbonyl (C=O) groups is 1. The van der Waals surface area contributed by atoms with Crippen LogP contribution in [-0.4, -0.2) is 22.6 Å². The van der Waals surface area contributed by atoms with Crippen LogP contribution in [0.5, 0.6) is 11.5 Å². The SMILES string of the molecule is CCCCC#Cc1ccc(C(NC(=O)COc2ccccc2)c2cc(Cl)c3cccnc3c2O)cc1. The third-order valence-electron chi connectivity index (χ3n) is 5.71. The lowest BCUT2D eigenvalue weighted by atomic mass is 9.95. The summed E-state index contributed by atoms with van der Waals surface area (Å²) in [6, 6.07) is 21.3. The number of aromatic nitrogens is 1. The maximum Gasteiger partial charge on any atom is 0.258 e. The van der Waals surface area contributed by atoms with Crippen LogP contribution < -0.4 is 10.1 Å². The molecule has 1 aromatic heterocycles. The quantitative estimate of drug-likeness (QED) is 0.217. The number of para-hydroxylation sites is 1. The third-order valence-corrected chi connectivity index (χ3v) is 6.02. The fourth-order valence-corrected chi connectivity index (χ4v) is 4.09. The molecule has 0 fully saturated rings. The van der Waals surface area contributed by atoms with Gasteiger partial charge in [-0.3, -0.25) is 9.78 Å². The van der Waals surface area contributed by atoms with Gasteiger partial charge in [-0.1, -0.05) is 67.1 Å². The van der Waals surface area contributed by atoms with E-state index in [1.165, 1.54) is 0 Å². The van der Waals surface area contributed by atoms with Crippen LogP contribution in [0.3, 0.4) is 0 Å². The molecule has 1 unspecified atom stereocenters. The number of amides is 1. The molecular weight excluding hydrogens is 472 g/mol. The molecular formula is C30H27ClN2O3. The molecule has 5 nitrogen and oxygen atoms in total. The molecule has 36 heavy (non-hydrogen) atoms. The Morgan fingerprint density at radius 1 is 1.11 bits per heavy atom. The molecule has 4 rings (SSSR count). The van der Waals surface area contributed by atoms with Crippen molar-refractivity contribution >= 4 is 28.4 Å². The van der Waals surface area contributed by atoms with Crippen molar-refractivity contribution in [3.8, 4) is 23.3 Å². The Kier molecular flexibility index (Phi) is 8.44. The van der Waals surface area contributed by atoms with E-state index in [9.17, 15) is 9.90 Å². The number of hydrogen-bond acceptors (Lipinski definition) is 4. The number of phenolic OH excluding ortho intramolecular Hbond substituents is 1. The number of hydrogen-bond donors (Lipinski definition) is 2. The third kappa shape index (κ3) is 6.16. The van der Waals surface area contributed by atoms with Crippen LogP contribution in [0.4, 0.5) is 0 Å². The zero-order valence-corrected chi connectivity index (χ0v) is 20.8. The predicted molar refractivity (Wildman–Crippen MR) is 143 cm³/mol. The van der Waals surface area contributed by atoms with Crippen molar-refractivity contribution in [3.63, 3.8) is 0 Å². The Balaban J connectivity index is 1.65. The van der Waals surface area contributed by atoms with E-state index in [2.05, 4.69) is 29.1 Å². The van der Waals surface area contributed by atoms with Gasteiger partial charge in [-0.2, -0.15) is 0 Å². The number of rotatable bonds is 8. The van der Waals surface area contributed by atoms with E-state index in [-0.39, 0.29) is 18.3 Å². The summed E-state index contributed by atoms with van der Waals surface area (Å²) in [5.74, 6) is 6.57. The molecule has 0 saturated carbocycles. The molecule has 6 heteroatoms. The summed E-state index contributed by atoms with van der Waals surface area (Å²) in [4.78, 5) is 17.2. The molecule has 3 aromatic carbocycles. The summed E-state index contributed by atoms with van der Waals surface area (Å²) in [5.41, 5.74) is 2.47. The lowest BCUT2D eigenvalue weighted by Crippen LogP contribution is -2.33. The first-order chi connectivity index (χ1) is 17.6. The molecule has 0 spiro atoms. The molecule has 1 atom stereocenters. The Morgan fingerprint density at radius 2 is 1.89 bits per heavy atom. The number of nitrogens with zero attached hydrogens (tertiary/aromatic N) is 1. The van der Waals surface area contributed by atoms with E-state index in [4.69, 9.17) is 16.3 Å². The Bertz CT molecular complexity index is 1390. The summed E-state index contributed by atoms with van der Waals surface area (Å²) in [6.07, 6.45) is 4.63. The van der Waals surface area contributed by atoms with Gasteiger partial charge < -0.3 is 15.2 Å². The Hall–Kier alpha value is -4.01. The number of aromatic hydroxyl groups is 1. The normalized spacial score (nSPS) is 11.4. The molecule has 0 aliphatic rings. The zero-order chi connectivity index (χ0) is 25.3. The molecule has 1 amide bonds. The highest BCUT2D eigenvalue weighted by molar-refractivity contribution is 6.35. The molecule has 2 N–H and O–H groups in total. The van der Waals surface area contributed by atoms with Gasteiger partial charge in [0.2, 0.25) is 0 Å². The molecule has 1 heterocycles. The fourth-order valence-electron chi connectivity index (χ4n) is 3.82. The van der Waals surface area contributed by atoms with Gasteiger partial charge in [-0.25, -0.2) is 0 Å². The van der Waals surface area contributed by atoms with Gasteiger partial charge in [-0.15, -0.1) is 0 Å².